The molecule has 4 heteroatoms. The SMILES string of the molecule is Cc1ccc(N2CC(=O)N(c3ccc(C)cc3)C2=O)cc1. The Bertz CT molecular complexity index is 690. The molecule has 0 unspecified atom stereocenters. The third-order valence-electron chi connectivity index (χ3n) is 3.60. The molecule has 0 saturated carbocycles. The van der Waals surface area contributed by atoms with Crippen LogP contribution in [0.25, 0.3) is 0 Å². The van der Waals surface area contributed by atoms with Gasteiger partial charge in [-0.1, -0.05) is 35.4 Å². The maximum absolute atomic E-state index is 12.5. The summed E-state index contributed by atoms with van der Waals surface area (Å²) in [4.78, 5) is 27.4. The molecule has 3 rings (SSSR count). The van der Waals surface area contributed by atoms with Gasteiger partial charge in [-0.05, 0) is 38.1 Å². The van der Waals surface area contributed by atoms with Gasteiger partial charge in [-0.25, -0.2) is 9.69 Å². The molecule has 3 amide bonds. The first-order valence-electron chi connectivity index (χ1n) is 6.84. The van der Waals surface area contributed by atoms with Crippen molar-refractivity contribution in [2.75, 3.05) is 16.3 Å². The largest absolute Gasteiger partial charge is 0.336 e. The van der Waals surface area contributed by atoms with Crippen LogP contribution in [-0.2, 0) is 4.79 Å². The van der Waals surface area contributed by atoms with Crippen LogP contribution in [0.2, 0.25) is 0 Å². The number of amides is 3. The molecule has 1 heterocycles. The number of hydrogen-bond donors (Lipinski definition) is 0. The third-order valence-corrected chi connectivity index (χ3v) is 3.60. The van der Waals surface area contributed by atoms with E-state index in [1.165, 1.54) is 9.80 Å². The molecule has 21 heavy (non-hydrogen) atoms. The number of anilines is 2. The highest BCUT2D eigenvalue weighted by Crippen LogP contribution is 2.26. The fourth-order valence-corrected chi connectivity index (χ4v) is 2.38. The van der Waals surface area contributed by atoms with Gasteiger partial charge in [-0.15, -0.1) is 0 Å². The predicted octanol–water partition coefficient (Wildman–Crippen LogP) is 3.28. The highest BCUT2D eigenvalue weighted by molar-refractivity contribution is 6.26. The van der Waals surface area contributed by atoms with Crippen molar-refractivity contribution in [1.82, 2.24) is 0 Å². The lowest BCUT2D eigenvalue weighted by atomic mass is 10.2. The van der Waals surface area contributed by atoms with Crippen molar-refractivity contribution in [2.24, 2.45) is 0 Å². The van der Waals surface area contributed by atoms with E-state index in [2.05, 4.69) is 0 Å². The number of urea groups is 1. The Balaban J connectivity index is 1.92. The molecule has 1 fully saturated rings. The van der Waals surface area contributed by atoms with Crippen LogP contribution in [0, 0.1) is 13.8 Å². The van der Waals surface area contributed by atoms with Gasteiger partial charge in [0.25, 0.3) is 5.91 Å². The summed E-state index contributed by atoms with van der Waals surface area (Å²) < 4.78 is 0. The van der Waals surface area contributed by atoms with Crippen LogP contribution in [0.3, 0.4) is 0 Å². The lowest BCUT2D eigenvalue weighted by Crippen LogP contribution is -2.32. The first-order chi connectivity index (χ1) is 10.1. The summed E-state index contributed by atoms with van der Waals surface area (Å²) in [5.74, 6) is -0.204. The third kappa shape index (κ3) is 2.40. The molecule has 1 aliphatic rings. The maximum atomic E-state index is 12.5. The van der Waals surface area contributed by atoms with Crippen LogP contribution >= 0.6 is 0 Å². The summed E-state index contributed by atoms with van der Waals surface area (Å²) >= 11 is 0. The minimum Gasteiger partial charge on any atom is -0.284 e. The van der Waals surface area contributed by atoms with E-state index < -0.39 is 0 Å². The van der Waals surface area contributed by atoms with Crippen LogP contribution in [-0.4, -0.2) is 18.5 Å². The first kappa shape index (κ1) is 13.4. The lowest BCUT2D eigenvalue weighted by Gasteiger charge is -2.17. The van der Waals surface area contributed by atoms with E-state index >= 15 is 0 Å². The average Bonchev–Trinajstić information content (AvgIpc) is 2.76. The Labute approximate surface area is 123 Å². The molecule has 1 saturated heterocycles. The van der Waals surface area contributed by atoms with Crippen molar-refractivity contribution < 1.29 is 9.59 Å². The highest BCUT2D eigenvalue weighted by atomic mass is 16.2. The molecule has 4 nitrogen and oxygen atoms in total. The van der Waals surface area contributed by atoms with Gasteiger partial charge >= 0.3 is 6.03 Å². The zero-order valence-corrected chi connectivity index (χ0v) is 12.0. The smallest absolute Gasteiger partial charge is 0.284 e. The van der Waals surface area contributed by atoms with Gasteiger partial charge in [0.05, 0.1) is 5.69 Å². The molecule has 0 aromatic heterocycles. The molecule has 2 aromatic rings. The molecular weight excluding hydrogens is 264 g/mol. The summed E-state index contributed by atoms with van der Waals surface area (Å²) in [6.45, 7) is 4.03. The van der Waals surface area contributed by atoms with E-state index in [1.54, 1.807) is 12.1 Å². The molecule has 0 N–H and O–H groups in total. The first-order valence-corrected chi connectivity index (χ1v) is 6.84. The number of aryl methyl sites for hydroxylation is 2. The fourth-order valence-electron chi connectivity index (χ4n) is 2.38. The van der Waals surface area contributed by atoms with Gasteiger partial charge in [-0.3, -0.25) is 9.69 Å². The zero-order chi connectivity index (χ0) is 15.0. The molecule has 0 radical (unpaired) electrons. The van der Waals surface area contributed by atoms with Crippen molar-refractivity contribution in [1.29, 1.82) is 0 Å². The predicted molar refractivity (Wildman–Crippen MR) is 82.6 cm³/mol. The molecule has 1 aliphatic heterocycles. The van der Waals surface area contributed by atoms with E-state index in [4.69, 9.17) is 0 Å². The minimum absolute atomic E-state index is 0.0791. The summed E-state index contributed by atoms with van der Waals surface area (Å²) in [6.07, 6.45) is 0. The quantitative estimate of drug-likeness (QED) is 0.792. The van der Waals surface area contributed by atoms with E-state index in [0.717, 1.165) is 16.8 Å². The number of benzene rings is 2. The molecule has 0 spiro atoms. The van der Waals surface area contributed by atoms with Gasteiger partial charge in [-0.2, -0.15) is 0 Å². The number of rotatable bonds is 2. The zero-order valence-electron chi connectivity index (χ0n) is 12.0. The van der Waals surface area contributed by atoms with Crippen molar-refractivity contribution in [3.05, 3.63) is 59.7 Å². The Morgan fingerprint density at radius 2 is 1.24 bits per heavy atom. The summed E-state index contributed by atoms with van der Waals surface area (Å²) in [6, 6.07) is 14.7. The second-order valence-corrected chi connectivity index (χ2v) is 5.27. The van der Waals surface area contributed by atoms with Gasteiger partial charge in [0.1, 0.15) is 6.54 Å². The van der Waals surface area contributed by atoms with Crippen LogP contribution in [0.4, 0.5) is 16.2 Å². The van der Waals surface area contributed by atoms with Crippen molar-refractivity contribution >= 4 is 23.3 Å². The topological polar surface area (TPSA) is 40.6 Å². The fraction of sp³-hybridized carbons (Fsp3) is 0.176. The summed E-state index contributed by atoms with van der Waals surface area (Å²) in [7, 11) is 0. The maximum Gasteiger partial charge on any atom is 0.336 e. The van der Waals surface area contributed by atoms with E-state index in [0.29, 0.717) is 5.69 Å². The number of hydrogen-bond acceptors (Lipinski definition) is 2. The van der Waals surface area contributed by atoms with Crippen LogP contribution in [0.5, 0.6) is 0 Å². The van der Waals surface area contributed by atoms with E-state index in [9.17, 15) is 9.59 Å². The van der Waals surface area contributed by atoms with Gasteiger partial charge in [0.2, 0.25) is 0 Å². The van der Waals surface area contributed by atoms with Gasteiger partial charge < -0.3 is 0 Å². The highest BCUT2D eigenvalue weighted by Gasteiger charge is 2.37. The van der Waals surface area contributed by atoms with Crippen LogP contribution in [0.15, 0.2) is 48.5 Å². The van der Waals surface area contributed by atoms with Gasteiger partial charge in [0.15, 0.2) is 0 Å². The monoisotopic (exact) mass is 280 g/mol. The summed E-state index contributed by atoms with van der Waals surface area (Å²) in [5.41, 5.74) is 3.57. The standard InChI is InChI=1S/C17H16N2O2/c1-12-3-7-14(8-4-12)18-11-16(20)19(17(18)21)15-9-5-13(2)6-10-15/h3-10H,11H2,1-2H3. The second-order valence-electron chi connectivity index (χ2n) is 5.27. The molecule has 0 atom stereocenters. The van der Waals surface area contributed by atoms with Crippen molar-refractivity contribution in [3.63, 3.8) is 0 Å². The molecule has 2 aromatic carbocycles. The number of imide groups is 1. The Kier molecular flexibility index (Phi) is 3.22. The number of carbonyl (C=O) groups is 2. The molecule has 0 aliphatic carbocycles. The molecule has 0 bridgehead atoms. The number of carbonyl (C=O) groups excluding carboxylic acids is 2. The average molecular weight is 280 g/mol. The lowest BCUT2D eigenvalue weighted by molar-refractivity contribution is -0.115. The van der Waals surface area contributed by atoms with E-state index in [1.807, 2.05) is 50.2 Å². The van der Waals surface area contributed by atoms with Crippen molar-refractivity contribution in [2.45, 2.75) is 13.8 Å². The number of nitrogens with zero attached hydrogens (tertiary/aromatic N) is 2. The molecule has 106 valence electrons. The van der Waals surface area contributed by atoms with Gasteiger partial charge in [0, 0.05) is 5.69 Å². The Morgan fingerprint density at radius 1 is 0.762 bits per heavy atom. The second kappa shape index (κ2) is 5.05. The minimum atomic E-state index is -0.298. The van der Waals surface area contributed by atoms with Crippen LogP contribution < -0.4 is 9.80 Å². The van der Waals surface area contributed by atoms with E-state index in [-0.39, 0.29) is 18.5 Å². The summed E-state index contributed by atoms with van der Waals surface area (Å²) in [5, 5.41) is 0. The Morgan fingerprint density at radius 3 is 1.76 bits per heavy atom. The Hall–Kier alpha value is -2.62. The normalized spacial score (nSPS) is 15.0. The molecular formula is C17H16N2O2. The van der Waals surface area contributed by atoms with Crippen LogP contribution in [0.1, 0.15) is 11.1 Å². The van der Waals surface area contributed by atoms with Crippen molar-refractivity contribution in [3.8, 4) is 0 Å².